The zero-order chi connectivity index (χ0) is 25.3. The van der Waals surface area contributed by atoms with Crippen LogP contribution in [0.15, 0.2) is 11.6 Å². The smallest absolute Gasteiger partial charge is 0.496 e. The molecule has 1 aliphatic heterocycles. The van der Waals surface area contributed by atoms with Gasteiger partial charge in [0.1, 0.15) is 17.9 Å². The van der Waals surface area contributed by atoms with Gasteiger partial charge in [-0.1, -0.05) is 18.1 Å². The number of carbonyl (C=O) groups excluding carboxylic acids is 2. The van der Waals surface area contributed by atoms with Gasteiger partial charge in [-0.05, 0) is 44.1 Å². The fraction of sp³-hybridized carbons (Fsp3) is 0.545. The number of methoxy groups -OCH3 is 2. The number of hydrogen-bond acceptors (Lipinski definition) is 8. The molecule has 1 aromatic rings. The Bertz CT molecular complexity index is 1120. The van der Waals surface area contributed by atoms with Crippen LogP contribution in [0.25, 0.3) is 0 Å². The van der Waals surface area contributed by atoms with Gasteiger partial charge in [0.15, 0.2) is 5.75 Å². The first-order valence-electron chi connectivity index (χ1n) is 10.6. The van der Waals surface area contributed by atoms with Crippen LogP contribution >= 0.6 is 0 Å². The van der Waals surface area contributed by atoms with Crippen molar-refractivity contribution in [1.82, 2.24) is 0 Å². The monoisotopic (exact) mass is 506 g/mol. The number of benzene rings is 1. The molecule has 2 aliphatic rings. The lowest BCUT2D eigenvalue weighted by Gasteiger charge is -2.25. The third-order valence-corrected chi connectivity index (χ3v) is 7.06. The maximum atomic E-state index is 13.1. The molecule has 12 heteroatoms. The van der Waals surface area contributed by atoms with E-state index in [-0.39, 0.29) is 53.8 Å². The van der Waals surface area contributed by atoms with Gasteiger partial charge in [-0.15, -0.1) is 0 Å². The fourth-order valence-electron chi connectivity index (χ4n) is 4.39. The average molecular weight is 506 g/mol. The summed E-state index contributed by atoms with van der Waals surface area (Å²) in [5, 5.41) is 0. The number of cyclic esters (lactones) is 1. The maximum Gasteiger partial charge on any atom is 0.534 e. The van der Waals surface area contributed by atoms with Crippen molar-refractivity contribution in [3.05, 3.63) is 33.9 Å². The van der Waals surface area contributed by atoms with Crippen molar-refractivity contribution in [2.45, 2.75) is 57.6 Å². The van der Waals surface area contributed by atoms with E-state index in [0.717, 1.165) is 24.8 Å². The second kappa shape index (κ2) is 9.85. The van der Waals surface area contributed by atoms with Crippen LogP contribution in [0.5, 0.6) is 11.5 Å². The Labute approximate surface area is 195 Å². The fourth-order valence-corrected chi connectivity index (χ4v) is 4.89. The Morgan fingerprint density at radius 1 is 1.21 bits per heavy atom. The molecule has 188 valence electrons. The van der Waals surface area contributed by atoms with E-state index < -0.39 is 27.3 Å². The zero-order valence-electron chi connectivity index (χ0n) is 18.9. The first-order valence-corrected chi connectivity index (χ1v) is 12.0. The molecule has 0 radical (unpaired) electrons. The minimum absolute atomic E-state index is 0.0275. The second-order valence-electron chi connectivity index (χ2n) is 8.08. The Kier molecular flexibility index (Phi) is 7.49. The normalized spacial score (nSPS) is 19.5. The lowest BCUT2D eigenvalue weighted by Crippen LogP contribution is -2.29. The molecule has 0 bridgehead atoms. The molecular weight excluding hydrogens is 481 g/mol. The van der Waals surface area contributed by atoms with E-state index in [1.807, 2.05) is 0 Å². The van der Waals surface area contributed by atoms with Crippen LogP contribution in [0.3, 0.4) is 0 Å². The molecule has 0 amide bonds. The standard InChI is InChI=1S/C22H25F3O8S/c1-12-16-11-32-21(27)18(16)20(33-34(28,29)22(23,24)25)15(19(12)31-3)9-8-13-6-4-5-7-14(13)10-17(26)30-2/h8,14H,4-7,9-11H2,1-3H3/b13-8+. The average Bonchev–Trinajstić information content (AvgIpc) is 3.16. The number of allylic oxidation sites excluding steroid dienone is 2. The summed E-state index contributed by atoms with van der Waals surface area (Å²) in [6.07, 6.45) is 4.96. The summed E-state index contributed by atoms with van der Waals surface area (Å²) >= 11 is 0. The van der Waals surface area contributed by atoms with Crippen molar-refractivity contribution in [3.63, 3.8) is 0 Å². The van der Waals surface area contributed by atoms with E-state index in [9.17, 15) is 31.2 Å². The summed E-state index contributed by atoms with van der Waals surface area (Å²) in [5.41, 5.74) is -4.57. The number of esters is 2. The molecule has 0 N–H and O–H groups in total. The van der Waals surface area contributed by atoms with Crippen molar-refractivity contribution < 1.29 is 49.6 Å². The molecule has 3 rings (SSSR count). The number of carbonyl (C=O) groups is 2. The summed E-state index contributed by atoms with van der Waals surface area (Å²) in [4.78, 5) is 24.2. The van der Waals surface area contributed by atoms with Gasteiger partial charge in [-0.2, -0.15) is 21.6 Å². The third kappa shape index (κ3) is 5.01. The lowest BCUT2D eigenvalue weighted by molar-refractivity contribution is -0.141. The second-order valence-corrected chi connectivity index (χ2v) is 9.62. The SMILES string of the molecule is COC(=O)CC1CCCC/C1=C\Cc1c(OC)c(C)c2c(c1OS(=O)(=O)C(F)(F)F)C(=O)OC2. The molecule has 1 unspecified atom stereocenters. The highest BCUT2D eigenvalue weighted by Crippen LogP contribution is 2.45. The summed E-state index contributed by atoms with van der Waals surface area (Å²) in [5.74, 6) is -2.14. The molecule has 1 aromatic carbocycles. The van der Waals surface area contributed by atoms with Gasteiger partial charge in [0.2, 0.25) is 0 Å². The van der Waals surface area contributed by atoms with Crippen molar-refractivity contribution in [2.24, 2.45) is 5.92 Å². The molecule has 1 saturated carbocycles. The molecule has 0 aromatic heterocycles. The highest BCUT2D eigenvalue weighted by molar-refractivity contribution is 7.88. The zero-order valence-corrected chi connectivity index (χ0v) is 19.7. The summed E-state index contributed by atoms with van der Waals surface area (Å²) < 4.78 is 82.7. The minimum Gasteiger partial charge on any atom is -0.496 e. The van der Waals surface area contributed by atoms with Crippen LogP contribution in [0.4, 0.5) is 13.2 Å². The quantitative estimate of drug-likeness (QED) is 0.235. The summed E-state index contributed by atoms with van der Waals surface area (Å²) in [7, 11) is -3.50. The lowest BCUT2D eigenvalue weighted by atomic mass is 9.81. The highest BCUT2D eigenvalue weighted by atomic mass is 32.2. The first kappa shape index (κ1) is 25.9. The Hall–Kier alpha value is -2.76. The van der Waals surface area contributed by atoms with E-state index in [1.165, 1.54) is 14.2 Å². The van der Waals surface area contributed by atoms with Crippen molar-refractivity contribution >= 4 is 22.1 Å². The van der Waals surface area contributed by atoms with Crippen molar-refractivity contribution in [3.8, 4) is 11.5 Å². The number of ether oxygens (including phenoxy) is 3. The number of halogens is 3. The molecule has 0 saturated heterocycles. The van der Waals surface area contributed by atoms with Gasteiger partial charge in [0.05, 0.1) is 20.6 Å². The van der Waals surface area contributed by atoms with E-state index in [1.54, 1.807) is 13.0 Å². The molecule has 1 fully saturated rings. The predicted octanol–water partition coefficient (Wildman–Crippen LogP) is 4.12. The number of hydrogen-bond donors (Lipinski definition) is 0. The van der Waals surface area contributed by atoms with Crippen LogP contribution in [-0.4, -0.2) is 40.1 Å². The maximum absolute atomic E-state index is 13.1. The Balaban J connectivity index is 2.13. The van der Waals surface area contributed by atoms with Gasteiger partial charge < -0.3 is 18.4 Å². The van der Waals surface area contributed by atoms with Gasteiger partial charge >= 0.3 is 27.6 Å². The van der Waals surface area contributed by atoms with Gasteiger partial charge in [-0.25, -0.2) is 4.79 Å². The number of fused-ring (bicyclic) bond motifs is 1. The first-order chi connectivity index (χ1) is 15.9. The molecule has 34 heavy (non-hydrogen) atoms. The largest absolute Gasteiger partial charge is 0.534 e. The van der Waals surface area contributed by atoms with Gasteiger partial charge in [0, 0.05) is 11.1 Å². The molecule has 0 spiro atoms. The van der Waals surface area contributed by atoms with E-state index in [4.69, 9.17) is 14.2 Å². The van der Waals surface area contributed by atoms with E-state index in [0.29, 0.717) is 12.0 Å². The van der Waals surface area contributed by atoms with Crippen LogP contribution in [0.2, 0.25) is 0 Å². The Morgan fingerprint density at radius 2 is 1.91 bits per heavy atom. The summed E-state index contributed by atoms with van der Waals surface area (Å²) in [6.45, 7) is 1.35. The van der Waals surface area contributed by atoms with E-state index >= 15 is 0 Å². The molecule has 1 aliphatic carbocycles. The topological polar surface area (TPSA) is 105 Å². The predicted molar refractivity (Wildman–Crippen MR) is 113 cm³/mol. The van der Waals surface area contributed by atoms with Crippen LogP contribution in [-0.2, 0) is 37.4 Å². The molecular formula is C22H25F3O8S. The molecule has 1 heterocycles. The molecule has 8 nitrogen and oxygen atoms in total. The highest BCUT2D eigenvalue weighted by Gasteiger charge is 2.50. The van der Waals surface area contributed by atoms with Crippen LogP contribution in [0.1, 0.15) is 59.2 Å². The number of rotatable bonds is 7. The van der Waals surface area contributed by atoms with E-state index in [2.05, 4.69) is 4.18 Å². The Morgan fingerprint density at radius 3 is 2.53 bits per heavy atom. The van der Waals surface area contributed by atoms with Crippen LogP contribution < -0.4 is 8.92 Å². The summed E-state index contributed by atoms with van der Waals surface area (Å²) in [6, 6.07) is 0. The van der Waals surface area contributed by atoms with Crippen molar-refractivity contribution in [2.75, 3.05) is 14.2 Å². The van der Waals surface area contributed by atoms with Gasteiger partial charge in [-0.3, -0.25) is 4.79 Å². The van der Waals surface area contributed by atoms with Crippen LogP contribution in [0, 0.1) is 12.8 Å². The van der Waals surface area contributed by atoms with Gasteiger partial charge in [0.25, 0.3) is 0 Å². The third-order valence-electron chi connectivity index (χ3n) is 6.10. The van der Waals surface area contributed by atoms with Crippen molar-refractivity contribution in [1.29, 1.82) is 0 Å². The minimum atomic E-state index is -6.07. The molecule has 1 atom stereocenters. The number of alkyl halides is 3.